The molecule has 2 heterocycles. The van der Waals surface area contributed by atoms with Crippen LogP contribution in [0.1, 0.15) is 44.1 Å². The highest BCUT2D eigenvalue weighted by molar-refractivity contribution is 5.53. The summed E-state index contributed by atoms with van der Waals surface area (Å²) < 4.78 is 1.97. The molecule has 1 N–H and O–H groups in total. The summed E-state index contributed by atoms with van der Waals surface area (Å²) >= 11 is 0. The van der Waals surface area contributed by atoms with Crippen molar-refractivity contribution >= 4 is 5.52 Å². The molecule has 0 aliphatic rings. The Hall–Kier alpha value is -1.35. The number of rotatable bonds is 2. The molecule has 0 bridgehead atoms. The van der Waals surface area contributed by atoms with Gasteiger partial charge in [-0.25, -0.2) is 4.98 Å². The molecule has 0 radical (unpaired) electrons. The number of nitrogens with zero attached hydrogens (tertiary/aromatic N) is 2. The van der Waals surface area contributed by atoms with E-state index in [0.717, 1.165) is 11.2 Å². The zero-order valence-corrected chi connectivity index (χ0v) is 9.31. The Morgan fingerprint density at radius 3 is 2.60 bits per heavy atom. The molecular formula is C12H16N2O. The molecule has 0 fully saturated rings. The van der Waals surface area contributed by atoms with Crippen molar-refractivity contribution in [1.82, 2.24) is 9.38 Å². The highest BCUT2D eigenvalue weighted by Gasteiger charge is 2.10. The van der Waals surface area contributed by atoms with E-state index in [2.05, 4.69) is 31.1 Å². The summed E-state index contributed by atoms with van der Waals surface area (Å²) in [6, 6.07) is 4.11. The van der Waals surface area contributed by atoms with Gasteiger partial charge in [-0.1, -0.05) is 19.9 Å². The summed E-state index contributed by atoms with van der Waals surface area (Å²) in [5, 5.41) is 9.51. The van der Waals surface area contributed by atoms with Gasteiger partial charge in [0, 0.05) is 6.20 Å². The SMILES string of the molecule is CC(C)c1ccc2c(C(C)O)ncn2c1. The number of fused-ring (bicyclic) bond motifs is 1. The third-order valence-electron chi connectivity index (χ3n) is 2.65. The van der Waals surface area contributed by atoms with Crippen molar-refractivity contribution in [3.63, 3.8) is 0 Å². The fourth-order valence-corrected chi connectivity index (χ4v) is 1.70. The molecule has 0 saturated carbocycles. The van der Waals surface area contributed by atoms with E-state index in [-0.39, 0.29) is 0 Å². The zero-order chi connectivity index (χ0) is 11.0. The molecule has 2 aromatic rings. The van der Waals surface area contributed by atoms with Gasteiger partial charge in [0.25, 0.3) is 0 Å². The predicted octanol–water partition coefficient (Wildman–Crippen LogP) is 2.51. The molecule has 0 aliphatic carbocycles. The summed E-state index contributed by atoms with van der Waals surface area (Å²) in [5.74, 6) is 0.506. The molecule has 15 heavy (non-hydrogen) atoms. The lowest BCUT2D eigenvalue weighted by molar-refractivity contribution is 0.196. The van der Waals surface area contributed by atoms with Crippen molar-refractivity contribution in [3.05, 3.63) is 35.9 Å². The largest absolute Gasteiger partial charge is 0.387 e. The Morgan fingerprint density at radius 1 is 1.27 bits per heavy atom. The standard InChI is InChI=1S/C12H16N2O/c1-8(2)10-4-5-11-12(9(3)15)13-7-14(11)6-10/h4-9,15H,1-3H3. The topological polar surface area (TPSA) is 37.5 Å². The molecule has 0 saturated heterocycles. The molecule has 1 unspecified atom stereocenters. The summed E-state index contributed by atoms with van der Waals surface area (Å²) in [7, 11) is 0. The fourth-order valence-electron chi connectivity index (χ4n) is 1.70. The summed E-state index contributed by atoms with van der Waals surface area (Å²) in [4.78, 5) is 4.21. The highest BCUT2D eigenvalue weighted by atomic mass is 16.3. The number of aromatic nitrogens is 2. The van der Waals surface area contributed by atoms with Crippen LogP contribution >= 0.6 is 0 Å². The van der Waals surface area contributed by atoms with Crippen LogP contribution in [0.2, 0.25) is 0 Å². The second kappa shape index (κ2) is 3.66. The van der Waals surface area contributed by atoms with Crippen LogP contribution in [0, 0.1) is 0 Å². The van der Waals surface area contributed by atoms with Crippen molar-refractivity contribution in [2.45, 2.75) is 32.8 Å². The molecule has 2 rings (SSSR count). The summed E-state index contributed by atoms with van der Waals surface area (Å²) in [6.45, 7) is 6.06. The van der Waals surface area contributed by atoms with Gasteiger partial charge in [-0.2, -0.15) is 0 Å². The summed E-state index contributed by atoms with van der Waals surface area (Å²) in [6.07, 6.45) is 3.31. The Balaban J connectivity index is 2.57. The van der Waals surface area contributed by atoms with Crippen molar-refractivity contribution in [3.8, 4) is 0 Å². The molecule has 0 spiro atoms. The van der Waals surface area contributed by atoms with Crippen molar-refractivity contribution < 1.29 is 5.11 Å². The Labute approximate surface area is 89.4 Å². The van der Waals surface area contributed by atoms with E-state index < -0.39 is 6.10 Å². The maximum absolute atomic E-state index is 9.51. The third kappa shape index (κ3) is 1.75. The maximum Gasteiger partial charge on any atom is 0.0996 e. The maximum atomic E-state index is 9.51. The van der Waals surface area contributed by atoms with E-state index in [1.807, 2.05) is 10.5 Å². The first-order chi connectivity index (χ1) is 7.09. The molecule has 2 aromatic heterocycles. The second-order valence-corrected chi connectivity index (χ2v) is 4.22. The van der Waals surface area contributed by atoms with E-state index >= 15 is 0 Å². The van der Waals surface area contributed by atoms with Crippen molar-refractivity contribution in [2.75, 3.05) is 0 Å². The number of aliphatic hydroxyl groups excluding tert-OH is 1. The molecule has 0 amide bonds. The molecule has 1 atom stereocenters. The molecule has 0 aliphatic heterocycles. The number of hydrogen-bond donors (Lipinski definition) is 1. The van der Waals surface area contributed by atoms with Gasteiger partial charge in [0.15, 0.2) is 0 Å². The average Bonchev–Trinajstić information content (AvgIpc) is 2.59. The minimum absolute atomic E-state index is 0.506. The molecule has 80 valence electrons. The van der Waals surface area contributed by atoms with E-state index in [0.29, 0.717) is 5.92 Å². The third-order valence-corrected chi connectivity index (χ3v) is 2.65. The average molecular weight is 204 g/mol. The minimum Gasteiger partial charge on any atom is -0.387 e. The van der Waals surface area contributed by atoms with E-state index in [9.17, 15) is 5.11 Å². The van der Waals surface area contributed by atoms with Crippen LogP contribution < -0.4 is 0 Å². The first kappa shape index (κ1) is 10.2. The van der Waals surface area contributed by atoms with Crippen molar-refractivity contribution in [1.29, 1.82) is 0 Å². The number of hydrogen-bond acceptors (Lipinski definition) is 2. The lowest BCUT2D eigenvalue weighted by Crippen LogP contribution is -1.94. The fraction of sp³-hybridized carbons (Fsp3) is 0.417. The van der Waals surface area contributed by atoms with Gasteiger partial charge in [-0.15, -0.1) is 0 Å². The first-order valence-corrected chi connectivity index (χ1v) is 5.24. The first-order valence-electron chi connectivity index (χ1n) is 5.24. The van der Waals surface area contributed by atoms with Crippen LogP contribution in [-0.4, -0.2) is 14.5 Å². The van der Waals surface area contributed by atoms with Gasteiger partial charge in [0.05, 0.1) is 23.6 Å². The normalized spacial score (nSPS) is 13.7. The number of aliphatic hydroxyl groups is 1. The van der Waals surface area contributed by atoms with Gasteiger partial charge in [0.1, 0.15) is 0 Å². The summed E-state index contributed by atoms with van der Waals surface area (Å²) in [5.41, 5.74) is 3.00. The van der Waals surface area contributed by atoms with Crippen LogP contribution in [0.25, 0.3) is 5.52 Å². The Bertz CT molecular complexity index is 471. The van der Waals surface area contributed by atoms with Crippen LogP contribution in [0.15, 0.2) is 24.7 Å². The Morgan fingerprint density at radius 2 is 2.00 bits per heavy atom. The van der Waals surface area contributed by atoms with Crippen molar-refractivity contribution in [2.24, 2.45) is 0 Å². The predicted molar refractivity (Wildman–Crippen MR) is 59.9 cm³/mol. The van der Waals surface area contributed by atoms with Crippen LogP contribution in [-0.2, 0) is 0 Å². The monoisotopic (exact) mass is 204 g/mol. The van der Waals surface area contributed by atoms with Crippen LogP contribution in [0.3, 0.4) is 0 Å². The van der Waals surface area contributed by atoms with Gasteiger partial charge in [-0.3, -0.25) is 0 Å². The zero-order valence-electron chi connectivity index (χ0n) is 9.31. The smallest absolute Gasteiger partial charge is 0.0996 e. The second-order valence-electron chi connectivity index (χ2n) is 4.22. The molecule has 0 aromatic carbocycles. The lowest BCUT2D eigenvalue weighted by Gasteiger charge is -2.06. The van der Waals surface area contributed by atoms with Crippen LogP contribution in [0.4, 0.5) is 0 Å². The molecular weight excluding hydrogens is 188 g/mol. The van der Waals surface area contributed by atoms with Gasteiger partial charge in [-0.05, 0) is 24.5 Å². The quantitative estimate of drug-likeness (QED) is 0.816. The van der Waals surface area contributed by atoms with E-state index in [1.165, 1.54) is 5.56 Å². The number of imidazole rings is 1. The van der Waals surface area contributed by atoms with Gasteiger partial charge in [0.2, 0.25) is 0 Å². The minimum atomic E-state index is -0.514. The van der Waals surface area contributed by atoms with Gasteiger partial charge < -0.3 is 9.51 Å². The molecule has 3 nitrogen and oxygen atoms in total. The molecule has 3 heteroatoms. The lowest BCUT2D eigenvalue weighted by atomic mass is 10.1. The van der Waals surface area contributed by atoms with Crippen LogP contribution in [0.5, 0.6) is 0 Å². The highest BCUT2D eigenvalue weighted by Crippen LogP contribution is 2.20. The Kier molecular flexibility index (Phi) is 2.49. The number of pyridine rings is 1. The van der Waals surface area contributed by atoms with E-state index in [4.69, 9.17) is 0 Å². The van der Waals surface area contributed by atoms with Gasteiger partial charge >= 0.3 is 0 Å². The van der Waals surface area contributed by atoms with E-state index in [1.54, 1.807) is 13.3 Å².